The van der Waals surface area contributed by atoms with E-state index in [0.29, 0.717) is 11.7 Å². The highest BCUT2D eigenvalue weighted by atomic mass is 32.1. The summed E-state index contributed by atoms with van der Waals surface area (Å²) in [6.45, 7) is 2.40. The molecule has 116 valence electrons. The first-order chi connectivity index (χ1) is 10.6. The summed E-state index contributed by atoms with van der Waals surface area (Å²) in [5.41, 5.74) is 2.03. The lowest BCUT2D eigenvalue weighted by Gasteiger charge is -2.06. The highest BCUT2D eigenvalue weighted by Crippen LogP contribution is 2.16. The van der Waals surface area contributed by atoms with Gasteiger partial charge in [0.25, 0.3) is 0 Å². The maximum Gasteiger partial charge on any atom is 0.335 e. The molecule has 0 radical (unpaired) electrons. The van der Waals surface area contributed by atoms with Gasteiger partial charge in [0.15, 0.2) is 5.13 Å². The number of carbonyl (C=O) groups is 2. The van der Waals surface area contributed by atoms with Gasteiger partial charge in [0.2, 0.25) is 0 Å². The maximum absolute atomic E-state index is 11.8. The molecule has 1 aromatic carbocycles. The number of urea groups is 1. The summed E-state index contributed by atoms with van der Waals surface area (Å²) >= 11 is 1.40. The predicted octanol–water partition coefficient (Wildman–Crippen LogP) is 3.12. The number of benzene rings is 1. The molecule has 1 aromatic heterocycles. The molecule has 2 aromatic rings. The van der Waals surface area contributed by atoms with Crippen molar-refractivity contribution in [1.29, 1.82) is 0 Å². The number of nitrogens with one attached hydrogen (secondary N) is 2. The van der Waals surface area contributed by atoms with E-state index in [1.807, 2.05) is 5.38 Å². The lowest BCUT2D eigenvalue weighted by molar-refractivity contribution is 0.0697. The number of carboxylic acids is 1. The van der Waals surface area contributed by atoms with E-state index >= 15 is 0 Å². The first-order valence-electron chi connectivity index (χ1n) is 6.90. The number of nitrogens with zero attached hydrogens (tertiary/aromatic N) is 1. The van der Waals surface area contributed by atoms with E-state index in [1.54, 1.807) is 12.1 Å². The maximum atomic E-state index is 11.8. The summed E-state index contributed by atoms with van der Waals surface area (Å²) in [5.74, 6) is -0.969. The molecule has 0 aliphatic heterocycles. The van der Waals surface area contributed by atoms with Crippen LogP contribution >= 0.6 is 11.3 Å². The number of aromatic nitrogens is 1. The van der Waals surface area contributed by atoms with Gasteiger partial charge in [0.1, 0.15) is 0 Å². The van der Waals surface area contributed by atoms with Crippen LogP contribution in [0.15, 0.2) is 29.6 Å². The van der Waals surface area contributed by atoms with Crippen LogP contribution < -0.4 is 10.6 Å². The first kappa shape index (κ1) is 16.0. The molecule has 0 spiro atoms. The Hall–Kier alpha value is -2.41. The fourth-order valence-electron chi connectivity index (χ4n) is 1.82. The zero-order valence-corrected chi connectivity index (χ0v) is 12.9. The van der Waals surface area contributed by atoms with E-state index in [1.165, 1.54) is 23.5 Å². The summed E-state index contributed by atoms with van der Waals surface area (Å²) < 4.78 is 0. The Morgan fingerprint density at radius 3 is 2.64 bits per heavy atom. The molecule has 0 bridgehead atoms. The molecule has 22 heavy (non-hydrogen) atoms. The fraction of sp³-hybridized carbons (Fsp3) is 0.267. The smallest absolute Gasteiger partial charge is 0.335 e. The molecule has 2 amide bonds. The van der Waals surface area contributed by atoms with E-state index in [9.17, 15) is 9.59 Å². The summed E-state index contributed by atoms with van der Waals surface area (Å²) in [4.78, 5) is 26.8. The van der Waals surface area contributed by atoms with Crippen molar-refractivity contribution >= 4 is 28.5 Å². The van der Waals surface area contributed by atoms with Gasteiger partial charge in [-0.2, -0.15) is 0 Å². The minimum Gasteiger partial charge on any atom is -0.478 e. The van der Waals surface area contributed by atoms with Crippen molar-refractivity contribution in [2.45, 2.75) is 26.3 Å². The summed E-state index contributed by atoms with van der Waals surface area (Å²) in [7, 11) is 0. The molecule has 3 N–H and O–H groups in total. The van der Waals surface area contributed by atoms with Crippen LogP contribution in [0.1, 0.15) is 35.0 Å². The third-order valence-corrected chi connectivity index (χ3v) is 3.74. The molecule has 0 fully saturated rings. The Labute approximate surface area is 132 Å². The van der Waals surface area contributed by atoms with Gasteiger partial charge in [-0.1, -0.05) is 25.5 Å². The quantitative estimate of drug-likeness (QED) is 0.763. The van der Waals surface area contributed by atoms with Gasteiger partial charge in [0.05, 0.1) is 11.3 Å². The Balaban J connectivity index is 1.82. The van der Waals surface area contributed by atoms with Crippen LogP contribution in [0.25, 0.3) is 0 Å². The number of amides is 2. The van der Waals surface area contributed by atoms with Gasteiger partial charge in [-0.3, -0.25) is 5.32 Å². The third-order valence-electron chi connectivity index (χ3n) is 2.93. The number of carbonyl (C=O) groups excluding carboxylic acids is 1. The SMILES string of the molecule is CCCc1csc(NC(=O)NCc2ccc(C(=O)O)cc2)n1. The highest BCUT2D eigenvalue weighted by molar-refractivity contribution is 7.13. The molecule has 0 atom stereocenters. The molecule has 0 aliphatic carbocycles. The third kappa shape index (κ3) is 4.56. The van der Waals surface area contributed by atoms with Crippen molar-refractivity contribution in [3.05, 3.63) is 46.5 Å². The fourth-order valence-corrected chi connectivity index (χ4v) is 2.56. The van der Waals surface area contributed by atoms with Crippen LogP contribution in [-0.4, -0.2) is 22.1 Å². The van der Waals surface area contributed by atoms with Crippen molar-refractivity contribution in [3.63, 3.8) is 0 Å². The minimum absolute atomic E-state index is 0.222. The number of anilines is 1. The monoisotopic (exact) mass is 319 g/mol. The van der Waals surface area contributed by atoms with Gasteiger partial charge in [-0.05, 0) is 24.1 Å². The number of hydrogen-bond acceptors (Lipinski definition) is 4. The highest BCUT2D eigenvalue weighted by Gasteiger charge is 2.06. The van der Waals surface area contributed by atoms with Crippen LogP contribution in [0.4, 0.5) is 9.93 Å². The number of hydrogen-bond donors (Lipinski definition) is 3. The molecule has 7 heteroatoms. The van der Waals surface area contributed by atoms with Gasteiger partial charge < -0.3 is 10.4 Å². The van der Waals surface area contributed by atoms with Crippen LogP contribution in [0, 0.1) is 0 Å². The van der Waals surface area contributed by atoms with E-state index < -0.39 is 5.97 Å². The Bertz CT molecular complexity index is 652. The van der Waals surface area contributed by atoms with Gasteiger partial charge in [-0.15, -0.1) is 11.3 Å². The average Bonchev–Trinajstić information content (AvgIpc) is 2.93. The number of aromatic carboxylic acids is 1. The summed E-state index contributed by atoms with van der Waals surface area (Å²) in [6.07, 6.45) is 1.91. The molecule has 6 nitrogen and oxygen atoms in total. The van der Waals surface area contributed by atoms with Crippen molar-refractivity contribution in [3.8, 4) is 0 Å². The summed E-state index contributed by atoms with van der Waals surface area (Å²) in [5, 5.41) is 16.7. The molecule has 0 aliphatic rings. The van der Waals surface area contributed by atoms with Crippen LogP contribution in [0.3, 0.4) is 0 Å². The predicted molar refractivity (Wildman–Crippen MR) is 85.4 cm³/mol. The van der Waals surface area contributed by atoms with E-state index in [4.69, 9.17) is 5.11 Å². The molecule has 2 rings (SSSR count). The number of thiazole rings is 1. The summed E-state index contributed by atoms with van der Waals surface area (Å²) in [6, 6.07) is 6.03. The number of rotatable bonds is 6. The van der Waals surface area contributed by atoms with Crippen molar-refractivity contribution in [2.24, 2.45) is 0 Å². The van der Waals surface area contributed by atoms with Crippen LogP contribution in [-0.2, 0) is 13.0 Å². The second-order valence-corrected chi connectivity index (χ2v) is 5.56. The zero-order valence-electron chi connectivity index (χ0n) is 12.1. The molecule has 0 saturated heterocycles. The number of aryl methyl sites for hydroxylation is 1. The van der Waals surface area contributed by atoms with E-state index in [2.05, 4.69) is 22.5 Å². The zero-order chi connectivity index (χ0) is 15.9. The van der Waals surface area contributed by atoms with Crippen molar-refractivity contribution < 1.29 is 14.7 Å². The standard InChI is InChI=1S/C15H17N3O3S/c1-2-3-12-9-22-15(17-12)18-14(21)16-8-10-4-6-11(7-5-10)13(19)20/h4-7,9H,2-3,8H2,1H3,(H,19,20)(H2,16,17,18,21). The second-order valence-electron chi connectivity index (χ2n) is 4.70. The first-order valence-corrected chi connectivity index (χ1v) is 7.78. The average molecular weight is 319 g/mol. The normalized spacial score (nSPS) is 10.2. The van der Waals surface area contributed by atoms with Gasteiger partial charge in [0, 0.05) is 11.9 Å². The lowest BCUT2D eigenvalue weighted by atomic mass is 10.1. The largest absolute Gasteiger partial charge is 0.478 e. The Morgan fingerprint density at radius 2 is 2.00 bits per heavy atom. The van der Waals surface area contributed by atoms with Gasteiger partial charge >= 0.3 is 12.0 Å². The molecule has 1 heterocycles. The lowest BCUT2D eigenvalue weighted by Crippen LogP contribution is -2.28. The Morgan fingerprint density at radius 1 is 1.27 bits per heavy atom. The van der Waals surface area contributed by atoms with E-state index in [0.717, 1.165) is 24.1 Å². The van der Waals surface area contributed by atoms with Crippen molar-refractivity contribution in [2.75, 3.05) is 5.32 Å². The van der Waals surface area contributed by atoms with Crippen molar-refractivity contribution in [1.82, 2.24) is 10.3 Å². The molecule has 0 saturated carbocycles. The van der Waals surface area contributed by atoms with Crippen LogP contribution in [0.2, 0.25) is 0 Å². The molecule has 0 unspecified atom stereocenters. The molecular weight excluding hydrogens is 302 g/mol. The topological polar surface area (TPSA) is 91.3 Å². The molecular formula is C15H17N3O3S. The number of carboxylic acid groups (broad SMARTS) is 1. The van der Waals surface area contributed by atoms with E-state index in [-0.39, 0.29) is 11.6 Å². The Kier molecular flexibility index (Phi) is 5.48. The van der Waals surface area contributed by atoms with Gasteiger partial charge in [-0.25, -0.2) is 14.6 Å². The second kappa shape index (κ2) is 7.56. The minimum atomic E-state index is -0.969. The van der Waals surface area contributed by atoms with Crippen LogP contribution in [0.5, 0.6) is 0 Å².